The molecule has 0 aliphatic rings. The molecule has 0 aliphatic heterocycles. The van der Waals surface area contributed by atoms with E-state index in [9.17, 15) is 19.2 Å². The van der Waals surface area contributed by atoms with Crippen LogP contribution in [0, 0.1) is 5.41 Å². The lowest BCUT2D eigenvalue weighted by molar-refractivity contribution is -0.146. The molecule has 10 heteroatoms. The summed E-state index contributed by atoms with van der Waals surface area (Å²) in [4.78, 5) is 46.1. The lowest BCUT2D eigenvalue weighted by Gasteiger charge is -2.26. The Hall–Kier alpha value is -2.49. The zero-order chi connectivity index (χ0) is 17.3. The number of imide groups is 1. The molecular weight excluding hydrogens is 292 g/mol. The summed E-state index contributed by atoms with van der Waals surface area (Å²) in [5.41, 5.74) is 15.8. The van der Waals surface area contributed by atoms with Gasteiger partial charge in [-0.25, -0.2) is 0 Å². The number of carbonyl (C=O) groups is 3. The number of nitrogens with zero attached hydrogens (tertiary/aromatic N) is 1. The van der Waals surface area contributed by atoms with Gasteiger partial charge in [-0.2, -0.15) is 0 Å². The van der Waals surface area contributed by atoms with E-state index >= 15 is 0 Å². The van der Waals surface area contributed by atoms with Crippen LogP contribution in [0.5, 0.6) is 0 Å². The largest absolute Gasteiger partial charge is 0.370 e. The summed E-state index contributed by atoms with van der Waals surface area (Å²) < 4.78 is 0. The maximum atomic E-state index is 12.2. The van der Waals surface area contributed by atoms with Crippen LogP contribution in [0.4, 0.5) is 0 Å². The Kier molecular flexibility index (Phi) is 8.38. The first kappa shape index (κ1) is 19.5. The number of guanidine groups is 1. The SMILES string of the molecule is CC(=O)N(C(=O)[C@@H](N)CCCNC(=N)N)[C@H]([C]=O)CC(N)=O. The molecule has 0 rings (SSSR count). The number of primary amides is 1. The second-order valence-electron chi connectivity index (χ2n) is 4.62. The quantitative estimate of drug-likeness (QED) is 0.174. The van der Waals surface area contributed by atoms with Crippen LogP contribution in [0.2, 0.25) is 0 Å². The number of nitrogens with one attached hydrogen (secondary N) is 2. The maximum Gasteiger partial charge on any atom is 0.246 e. The van der Waals surface area contributed by atoms with E-state index < -0.39 is 36.2 Å². The molecule has 0 aromatic rings. The Morgan fingerprint density at radius 2 is 1.91 bits per heavy atom. The molecule has 0 spiro atoms. The van der Waals surface area contributed by atoms with Crippen molar-refractivity contribution in [2.45, 2.75) is 38.3 Å². The Morgan fingerprint density at radius 3 is 2.32 bits per heavy atom. The van der Waals surface area contributed by atoms with Crippen molar-refractivity contribution >= 4 is 30.0 Å². The highest BCUT2D eigenvalue weighted by molar-refractivity contribution is 6.00. The van der Waals surface area contributed by atoms with Crippen LogP contribution < -0.4 is 22.5 Å². The number of amides is 3. The maximum absolute atomic E-state index is 12.2. The highest BCUT2D eigenvalue weighted by Gasteiger charge is 2.32. The van der Waals surface area contributed by atoms with Crippen LogP contribution in [0.3, 0.4) is 0 Å². The minimum absolute atomic E-state index is 0.199. The van der Waals surface area contributed by atoms with E-state index in [2.05, 4.69) is 5.32 Å². The third kappa shape index (κ3) is 6.79. The second-order valence-corrected chi connectivity index (χ2v) is 4.62. The molecule has 1 radical (unpaired) electrons. The number of hydrogen-bond donors (Lipinski definition) is 5. The van der Waals surface area contributed by atoms with Crippen LogP contribution in [0.1, 0.15) is 26.2 Å². The zero-order valence-corrected chi connectivity index (χ0v) is 12.3. The van der Waals surface area contributed by atoms with E-state index in [1.165, 1.54) is 6.29 Å². The van der Waals surface area contributed by atoms with Gasteiger partial charge in [-0.3, -0.25) is 29.5 Å². The fraction of sp³-hybridized carbons (Fsp3) is 0.583. The van der Waals surface area contributed by atoms with Crippen molar-refractivity contribution in [2.75, 3.05) is 6.54 Å². The molecule has 0 aromatic heterocycles. The summed E-state index contributed by atoms with van der Waals surface area (Å²) >= 11 is 0. The van der Waals surface area contributed by atoms with Gasteiger partial charge in [-0.1, -0.05) is 0 Å². The van der Waals surface area contributed by atoms with Gasteiger partial charge in [-0.05, 0) is 12.8 Å². The average Bonchev–Trinajstić information content (AvgIpc) is 2.41. The molecule has 22 heavy (non-hydrogen) atoms. The molecule has 8 N–H and O–H groups in total. The van der Waals surface area contributed by atoms with E-state index in [4.69, 9.17) is 22.6 Å². The van der Waals surface area contributed by atoms with Crippen molar-refractivity contribution in [3.63, 3.8) is 0 Å². The minimum atomic E-state index is -1.39. The molecule has 2 atom stereocenters. The van der Waals surface area contributed by atoms with Gasteiger partial charge in [0, 0.05) is 13.5 Å². The van der Waals surface area contributed by atoms with Gasteiger partial charge < -0.3 is 22.5 Å². The van der Waals surface area contributed by atoms with E-state index in [0.29, 0.717) is 17.9 Å². The highest BCUT2D eigenvalue weighted by atomic mass is 16.2. The van der Waals surface area contributed by atoms with Gasteiger partial charge in [0.2, 0.25) is 24.0 Å². The standard InChI is InChI=1S/C12H21N6O4/c1-7(20)18(8(6-19)5-10(14)21)11(22)9(13)3-2-4-17-12(15)16/h8-9H,2-5,13H2,1H3,(H2,14,21)(H4,15,16,17)/t8-,9-/m0/s1. The van der Waals surface area contributed by atoms with Crippen LogP contribution in [0.15, 0.2) is 0 Å². The van der Waals surface area contributed by atoms with Crippen molar-refractivity contribution < 1.29 is 19.2 Å². The summed E-state index contributed by atoms with van der Waals surface area (Å²) in [5, 5.41) is 9.51. The van der Waals surface area contributed by atoms with Crippen LogP contribution in [-0.2, 0) is 19.2 Å². The molecule has 123 valence electrons. The first-order valence-corrected chi connectivity index (χ1v) is 6.53. The van der Waals surface area contributed by atoms with E-state index in [1.807, 2.05) is 0 Å². The molecule has 0 heterocycles. The lowest BCUT2D eigenvalue weighted by atomic mass is 10.1. The normalized spacial score (nSPS) is 12.8. The van der Waals surface area contributed by atoms with Gasteiger partial charge in [-0.15, -0.1) is 0 Å². The molecule has 0 unspecified atom stereocenters. The molecule has 0 aromatic carbocycles. The molecule has 10 nitrogen and oxygen atoms in total. The smallest absolute Gasteiger partial charge is 0.246 e. The fourth-order valence-corrected chi connectivity index (χ4v) is 1.75. The van der Waals surface area contributed by atoms with Crippen molar-refractivity contribution in [1.82, 2.24) is 10.2 Å². The zero-order valence-electron chi connectivity index (χ0n) is 12.3. The average molecular weight is 313 g/mol. The van der Waals surface area contributed by atoms with Crippen LogP contribution in [0.25, 0.3) is 0 Å². The van der Waals surface area contributed by atoms with Crippen molar-refractivity contribution in [3.05, 3.63) is 0 Å². The predicted octanol–water partition coefficient (Wildman–Crippen LogP) is -2.69. The molecule has 0 aliphatic carbocycles. The molecule has 3 amide bonds. The van der Waals surface area contributed by atoms with Gasteiger partial charge in [0.15, 0.2) is 5.96 Å². The Morgan fingerprint density at radius 1 is 1.32 bits per heavy atom. The molecule has 0 saturated carbocycles. The highest BCUT2D eigenvalue weighted by Crippen LogP contribution is 2.08. The van der Waals surface area contributed by atoms with Crippen molar-refractivity contribution in [2.24, 2.45) is 17.2 Å². The van der Waals surface area contributed by atoms with E-state index in [0.717, 1.165) is 6.92 Å². The van der Waals surface area contributed by atoms with Gasteiger partial charge in [0.25, 0.3) is 0 Å². The van der Waals surface area contributed by atoms with Crippen LogP contribution in [-0.4, -0.2) is 53.5 Å². The summed E-state index contributed by atoms with van der Waals surface area (Å²) in [6.07, 6.45) is 1.57. The summed E-state index contributed by atoms with van der Waals surface area (Å²) in [6, 6.07) is -2.43. The van der Waals surface area contributed by atoms with Crippen LogP contribution >= 0.6 is 0 Å². The summed E-state index contributed by atoms with van der Waals surface area (Å²) in [6.45, 7) is 1.41. The number of rotatable bonds is 9. The molecule has 0 fully saturated rings. The van der Waals surface area contributed by atoms with Crippen molar-refractivity contribution in [3.8, 4) is 0 Å². The van der Waals surface area contributed by atoms with Gasteiger partial charge >= 0.3 is 0 Å². The van der Waals surface area contributed by atoms with Gasteiger partial charge in [0.05, 0.1) is 12.5 Å². The third-order valence-electron chi connectivity index (χ3n) is 2.74. The summed E-state index contributed by atoms with van der Waals surface area (Å²) in [7, 11) is 0. The molecule has 0 bridgehead atoms. The number of hydrogen-bond acceptors (Lipinski definition) is 6. The molecule has 0 saturated heterocycles. The monoisotopic (exact) mass is 313 g/mol. The lowest BCUT2D eigenvalue weighted by Crippen LogP contribution is -2.52. The van der Waals surface area contributed by atoms with Crippen molar-refractivity contribution in [1.29, 1.82) is 5.41 Å². The van der Waals surface area contributed by atoms with E-state index in [-0.39, 0.29) is 12.4 Å². The summed E-state index contributed by atoms with van der Waals surface area (Å²) in [5.74, 6) is -2.56. The first-order valence-electron chi connectivity index (χ1n) is 6.53. The fourth-order valence-electron chi connectivity index (χ4n) is 1.75. The number of carbonyl (C=O) groups excluding carboxylic acids is 4. The Labute approximate surface area is 127 Å². The topological polar surface area (TPSA) is 185 Å². The second kappa shape index (κ2) is 9.45. The Bertz CT molecular complexity index is 453. The minimum Gasteiger partial charge on any atom is -0.370 e. The first-order chi connectivity index (χ1) is 10.2. The third-order valence-corrected chi connectivity index (χ3v) is 2.74. The molecular formula is C12H21N6O4. The Balaban J connectivity index is 4.76. The van der Waals surface area contributed by atoms with E-state index in [1.54, 1.807) is 0 Å². The predicted molar refractivity (Wildman–Crippen MR) is 77.9 cm³/mol. The van der Waals surface area contributed by atoms with Gasteiger partial charge in [0.1, 0.15) is 6.04 Å². The number of nitrogens with two attached hydrogens (primary N) is 3.